The largest absolute Gasteiger partial charge is 0.340 e. The van der Waals surface area contributed by atoms with Gasteiger partial charge in [-0.25, -0.2) is 14.2 Å². The minimum atomic E-state index is -0.306. The number of hydrogen-bond donors (Lipinski definition) is 3. The standard InChI is InChI=1S/C25H19FN4OS/c26-17-5-4-8-19(14-17)28-24-21-11-12-32-23(21)20-10-9-16(13-22(20)30-24)15-27-25(31)29-18-6-2-1-3-7-18/h1-14H,15H2,(H,28,30)(H2,27,29,31). The molecule has 0 radical (unpaired) electrons. The van der Waals surface area contributed by atoms with E-state index in [-0.39, 0.29) is 11.8 Å². The highest BCUT2D eigenvalue weighted by Gasteiger charge is 2.11. The van der Waals surface area contributed by atoms with Gasteiger partial charge in [-0.05, 0) is 53.4 Å². The summed E-state index contributed by atoms with van der Waals surface area (Å²) in [5, 5.41) is 13.0. The highest BCUT2D eigenvalue weighted by molar-refractivity contribution is 7.18. The van der Waals surface area contributed by atoms with Crippen molar-refractivity contribution in [3.05, 3.63) is 95.6 Å². The van der Waals surface area contributed by atoms with Gasteiger partial charge in [0.05, 0.1) is 5.52 Å². The van der Waals surface area contributed by atoms with E-state index in [1.54, 1.807) is 23.5 Å². The Morgan fingerprint density at radius 1 is 0.906 bits per heavy atom. The molecule has 0 spiro atoms. The Morgan fingerprint density at radius 2 is 1.75 bits per heavy atom. The molecule has 0 saturated carbocycles. The van der Waals surface area contributed by atoms with E-state index in [0.29, 0.717) is 18.1 Å². The molecule has 2 heterocycles. The Labute approximate surface area is 187 Å². The third kappa shape index (κ3) is 4.24. The maximum absolute atomic E-state index is 13.6. The third-order valence-electron chi connectivity index (χ3n) is 5.03. The summed E-state index contributed by atoms with van der Waals surface area (Å²) in [6.45, 7) is 0.366. The van der Waals surface area contributed by atoms with Crippen LogP contribution in [0, 0.1) is 5.82 Å². The second-order valence-electron chi connectivity index (χ2n) is 7.28. The van der Waals surface area contributed by atoms with Gasteiger partial charge in [0.2, 0.25) is 0 Å². The average Bonchev–Trinajstić information content (AvgIpc) is 3.29. The van der Waals surface area contributed by atoms with Crippen LogP contribution in [-0.4, -0.2) is 11.0 Å². The second-order valence-corrected chi connectivity index (χ2v) is 8.20. The molecule has 2 amide bonds. The molecule has 0 aliphatic rings. The summed E-state index contributed by atoms with van der Waals surface area (Å²) in [6.07, 6.45) is 0. The van der Waals surface area contributed by atoms with Gasteiger partial charge in [-0.2, -0.15) is 0 Å². The van der Waals surface area contributed by atoms with E-state index < -0.39 is 0 Å². The number of fused-ring (bicyclic) bond motifs is 3. The molecule has 0 aliphatic carbocycles. The lowest BCUT2D eigenvalue weighted by Gasteiger charge is -2.11. The fourth-order valence-corrected chi connectivity index (χ4v) is 4.47. The number of amides is 2. The molecule has 2 aromatic heterocycles. The smallest absolute Gasteiger partial charge is 0.319 e. The first-order valence-corrected chi connectivity index (χ1v) is 11.0. The van der Waals surface area contributed by atoms with Gasteiger partial charge in [-0.3, -0.25) is 0 Å². The lowest BCUT2D eigenvalue weighted by molar-refractivity contribution is 0.251. The van der Waals surface area contributed by atoms with Gasteiger partial charge in [-0.15, -0.1) is 11.3 Å². The number of halogens is 1. The molecule has 3 N–H and O–H groups in total. The van der Waals surface area contributed by atoms with E-state index in [0.717, 1.165) is 32.2 Å². The lowest BCUT2D eigenvalue weighted by Crippen LogP contribution is -2.28. The summed E-state index contributed by atoms with van der Waals surface area (Å²) in [7, 11) is 0. The van der Waals surface area contributed by atoms with Crippen LogP contribution in [0.15, 0.2) is 84.2 Å². The molecule has 5 aromatic rings. The Balaban J connectivity index is 1.40. The van der Waals surface area contributed by atoms with E-state index in [2.05, 4.69) is 16.0 Å². The lowest BCUT2D eigenvalue weighted by atomic mass is 10.1. The predicted molar refractivity (Wildman–Crippen MR) is 129 cm³/mol. The van der Waals surface area contributed by atoms with Crippen LogP contribution in [-0.2, 0) is 6.54 Å². The van der Waals surface area contributed by atoms with Crippen LogP contribution < -0.4 is 16.0 Å². The maximum Gasteiger partial charge on any atom is 0.319 e. The zero-order valence-corrected chi connectivity index (χ0v) is 17.7. The molecule has 0 aliphatic heterocycles. The monoisotopic (exact) mass is 442 g/mol. The molecule has 158 valence electrons. The summed E-state index contributed by atoms with van der Waals surface area (Å²) in [5.41, 5.74) is 3.11. The second kappa shape index (κ2) is 8.64. The molecule has 5 rings (SSSR count). The summed E-state index contributed by atoms with van der Waals surface area (Å²) in [6, 6.07) is 23.3. The van der Waals surface area contributed by atoms with Gasteiger partial charge < -0.3 is 16.0 Å². The van der Waals surface area contributed by atoms with Crippen LogP contribution in [0.4, 0.5) is 26.4 Å². The van der Waals surface area contributed by atoms with Crippen molar-refractivity contribution in [3.8, 4) is 0 Å². The van der Waals surface area contributed by atoms with Crippen LogP contribution in [0.3, 0.4) is 0 Å². The highest BCUT2D eigenvalue weighted by Crippen LogP contribution is 2.35. The number of para-hydroxylation sites is 1. The number of nitrogens with one attached hydrogen (secondary N) is 3. The van der Waals surface area contributed by atoms with Gasteiger partial charge in [0, 0.05) is 33.4 Å². The first-order chi connectivity index (χ1) is 15.7. The third-order valence-corrected chi connectivity index (χ3v) is 5.98. The average molecular weight is 443 g/mol. The quantitative estimate of drug-likeness (QED) is 0.285. The zero-order chi connectivity index (χ0) is 21.9. The minimum Gasteiger partial charge on any atom is -0.340 e. The maximum atomic E-state index is 13.6. The molecule has 0 unspecified atom stereocenters. The Bertz CT molecular complexity index is 1420. The molecular weight excluding hydrogens is 423 g/mol. The molecular formula is C25H19FN4OS. The van der Waals surface area contributed by atoms with Crippen LogP contribution in [0.5, 0.6) is 0 Å². The predicted octanol–water partition coefficient (Wildman–Crippen LogP) is 6.65. The SMILES string of the molecule is O=C(NCc1ccc2c(c1)nc(Nc1cccc(F)c1)c1ccsc12)Nc1ccccc1. The van der Waals surface area contributed by atoms with Crippen molar-refractivity contribution in [1.29, 1.82) is 0 Å². The van der Waals surface area contributed by atoms with Crippen molar-refractivity contribution in [2.24, 2.45) is 0 Å². The molecule has 0 atom stereocenters. The molecule has 5 nitrogen and oxygen atoms in total. The van der Waals surface area contributed by atoms with Crippen LogP contribution in [0.2, 0.25) is 0 Å². The molecule has 0 bridgehead atoms. The van der Waals surface area contributed by atoms with Crippen molar-refractivity contribution in [2.45, 2.75) is 6.54 Å². The van der Waals surface area contributed by atoms with Crippen molar-refractivity contribution in [3.63, 3.8) is 0 Å². The zero-order valence-electron chi connectivity index (χ0n) is 16.9. The van der Waals surface area contributed by atoms with E-state index in [1.165, 1.54) is 12.1 Å². The summed E-state index contributed by atoms with van der Waals surface area (Å²) in [4.78, 5) is 17.0. The normalized spacial score (nSPS) is 10.9. The number of hydrogen-bond acceptors (Lipinski definition) is 4. The number of benzene rings is 3. The van der Waals surface area contributed by atoms with Gasteiger partial charge in [0.15, 0.2) is 0 Å². The number of pyridine rings is 1. The van der Waals surface area contributed by atoms with Gasteiger partial charge in [0.25, 0.3) is 0 Å². The molecule has 7 heteroatoms. The number of carbonyl (C=O) groups excluding carboxylic acids is 1. The molecule has 0 fully saturated rings. The van der Waals surface area contributed by atoms with Crippen LogP contribution in [0.1, 0.15) is 5.56 Å². The van der Waals surface area contributed by atoms with Crippen LogP contribution in [0.25, 0.3) is 21.0 Å². The summed E-state index contributed by atoms with van der Waals surface area (Å²) < 4.78 is 14.7. The fraction of sp³-hybridized carbons (Fsp3) is 0.0400. The number of nitrogens with zero attached hydrogens (tertiary/aromatic N) is 1. The van der Waals surface area contributed by atoms with Crippen molar-refractivity contribution < 1.29 is 9.18 Å². The van der Waals surface area contributed by atoms with Crippen molar-refractivity contribution in [2.75, 3.05) is 10.6 Å². The Morgan fingerprint density at radius 3 is 2.59 bits per heavy atom. The van der Waals surface area contributed by atoms with Crippen molar-refractivity contribution in [1.82, 2.24) is 10.3 Å². The number of carbonyl (C=O) groups is 1. The minimum absolute atomic E-state index is 0.272. The molecule has 32 heavy (non-hydrogen) atoms. The van der Waals surface area contributed by atoms with E-state index in [9.17, 15) is 9.18 Å². The van der Waals surface area contributed by atoms with E-state index in [1.807, 2.05) is 60.0 Å². The van der Waals surface area contributed by atoms with Crippen molar-refractivity contribution >= 4 is 55.5 Å². The topological polar surface area (TPSA) is 66.0 Å². The molecule has 0 saturated heterocycles. The Kier molecular flexibility index (Phi) is 5.39. The van der Waals surface area contributed by atoms with Gasteiger partial charge in [0.1, 0.15) is 11.6 Å². The number of thiophene rings is 1. The van der Waals surface area contributed by atoms with Gasteiger partial charge >= 0.3 is 6.03 Å². The fourth-order valence-electron chi connectivity index (χ4n) is 3.53. The van der Waals surface area contributed by atoms with Crippen LogP contribution >= 0.6 is 11.3 Å². The first kappa shape index (κ1) is 20.0. The highest BCUT2D eigenvalue weighted by atomic mass is 32.1. The van der Waals surface area contributed by atoms with E-state index in [4.69, 9.17) is 4.98 Å². The summed E-state index contributed by atoms with van der Waals surface area (Å²) in [5.74, 6) is 0.366. The molecule has 3 aromatic carbocycles. The summed E-state index contributed by atoms with van der Waals surface area (Å²) >= 11 is 1.64. The number of rotatable bonds is 5. The Hall–Kier alpha value is -3.97. The first-order valence-electron chi connectivity index (χ1n) is 10.1. The van der Waals surface area contributed by atoms with Gasteiger partial charge in [-0.1, -0.05) is 36.4 Å². The number of urea groups is 1. The van der Waals surface area contributed by atoms with E-state index >= 15 is 0 Å². The number of aromatic nitrogens is 1. The number of anilines is 3.